The number of hydrogen-bond acceptors (Lipinski definition) is 6. The minimum absolute atomic E-state index is 0.0308. The van der Waals surface area contributed by atoms with Gasteiger partial charge in [-0.25, -0.2) is 8.42 Å². The second-order valence-electron chi connectivity index (χ2n) is 7.99. The van der Waals surface area contributed by atoms with E-state index in [4.69, 9.17) is 0 Å². The molecule has 1 amide bonds. The van der Waals surface area contributed by atoms with Crippen molar-refractivity contribution < 1.29 is 18.1 Å². The molecule has 4 rings (SSSR count). The van der Waals surface area contributed by atoms with Crippen LogP contribution in [0.15, 0.2) is 47.4 Å². The molecule has 8 nitrogen and oxygen atoms in total. The molecule has 9 heteroatoms. The number of piperazine rings is 1. The Kier molecular flexibility index (Phi) is 5.95. The van der Waals surface area contributed by atoms with Crippen LogP contribution in [0.3, 0.4) is 0 Å². The molecule has 2 aromatic carbocycles. The molecule has 2 aliphatic rings. The van der Waals surface area contributed by atoms with Crippen LogP contribution >= 0.6 is 0 Å². The van der Waals surface area contributed by atoms with E-state index in [9.17, 15) is 23.3 Å². The number of amides is 1. The number of carbonyl (C=O) groups is 1. The van der Waals surface area contributed by atoms with Gasteiger partial charge < -0.3 is 9.80 Å². The van der Waals surface area contributed by atoms with Crippen molar-refractivity contribution in [1.29, 1.82) is 0 Å². The molecule has 2 aromatic rings. The molecule has 1 saturated heterocycles. The molecule has 164 valence electrons. The minimum atomic E-state index is -3.49. The minimum Gasteiger partial charge on any atom is -0.368 e. The lowest BCUT2D eigenvalue weighted by Gasteiger charge is -2.36. The van der Waals surface area contributed by atoms with E-state index in [0.717, 1.165) is 30.5 Å². The SMILES string of the molecule is O=C(CCS(=O)(=O)c1ccc2c(c1)CCC2)N1CCN(c2ccc([N+](=O)[O-])cc2)CC1. The lowest BCUT2D eigenvalue weighted by Crippen LogP contribution is -2.49. The van der Waals surface area contributed by atoms with Crippen LogP contribution in [-0.4, -0.2) is 56.1 Å². The predicted molar refractivity (Wildman–Crippen MR) is 117 cm³/mol. The van der Waals surface area contributed by atoms with Crippen molar-refractivity contribution in [2.75, 3.05) is 36.8 Å². The molecule has 0 bridgehead atoms. The summed E-state index contributed by atoms with van der Waals surface area (Å²) in [5.41, 5.74) is 3.25. The summed E-state index contributed by atoms with van der Waals surface area (Å²) in [5, 5.41) is 10.8. The normalized spacial score (nSPS) is 16.3. The number of benzene rings is 2. The molecule has 31 heavy (non-hydrogen) atoms. The number of carbonyl (C=O) groups excluding carboxylic acids is 1. The molecule has 0 atom stereocenters. The zero-order valence-electron chi connectivity index (χ0n) is 17.2. The highest BCUT2D eigenvalue weighted by Gasteiger charge is 2.25. The second kappa shape index (κ2) is 8.66. The number of fused-ring (bicyclic) bond motifs is 1. The molecule has 0 spiro atoms. The number of sulfone groups is 1. The van der Waals surface area contributed by atoms with E-state index in [2.05, 4.69) is 4.90 Å². The Bertz CT molecular complexity index is 1090. The van der Waals surface area contributed by atoms with E-state index in [1.807, 2.05) is 6.07 Å². The average Bonchev–Trinajstić information content (AvgIpc) is 3.26. The zero-order valence-corrected chi connectivity index (χ0v) is 18.0. The van der Waals surface area contributed by atoms with Gasteiger partial charge in [0.05, 0.1) is 15.6 Å². The van der Waals surface area contributed by atoms with E-state index < -0.39 is 14.8 Å². The number of aryl methyl sites for hydroxylation is 2. The fraction of sp³-hybridized carbons (Fsp3) is 0.409. The van der Waals surface area contributed by atoms with Gasteiger partial charge in [-0.05, 0) is 54.7 Å². The number of nitro benzene ring substituents is 1. The van der Waals surface area contributed by atoms with Crippen LogP contribution in [0, 0.1) is 10.1 Å². The van der Waals surface area contributed by atoms with Crippen LogP contribution in [0.25, 0.3) is 0 Å². The third-order valence-electron chi connectivity index (χ3n) is 6.07. The lowest BCUT2D eigenvalue weighted by molar-refractivity contribution is -0.384. The number of non-ortho nitro benzene ring substituents is 1. The van der Waals surface area contributed by atoms with E-state index in [1.165, 1.54) is 17.7 Å². The van der Waals surface area contributed by atoms with Crippen molar-refractivity contribution in [2.45, 2.75) is 30.6 Å². The standard InChI is InChI=1S/C22H25N3O5S/c26-22(10-15-31(29,30)21-9-4-17-2-1-3-18(17)16-21)24-13-11-23(12-14-24)19-5-7-20(8-6-19)25(27)28/h4-9,16H,1-3,10-15H2. The maximum atomic E-state index is 12.7. The van der Waals surface area contributed by atoms with Gasteiger partial charge in [-0.2, -0.15) is 0 Å². The third-order valence-corrected chi connectivity index (χ3v) is 7.79. The predicted octanol–water partition coefficient (Wildman–Crippen LogP) is 2.60. The molecular formula is C22H25N3O5S. The summed E-state index contributed by atoms with van der Waals surface area (Å²) in [4.78, 5) is 27.0. The maximum absolute atomic E-state index is 12.7. The van der Waals surface area contributed by atoms with Crippen molar-refractivity contribution in [1.82, 2.24) is 4.90 Å². The van der Waals surface area contributed by atoms with Crippen molar-refractivity contribution >= 4 is 27.1 Å². The van der Waals surface area contributed by atoms with Gasteiger partial charge in [-0.3, -0.25) is 14.9 Å². The first-order valence-corrected chi connectivity index (χ1v) is 12.1. The molecule has 0 saturated carbocycles. The summed E-state index contributed by atoms with van der Waals surface area (Å²) in [5.74, 6) is -0.346. The van der Waals surface area contributed by atoms with E-state index >= 15 is 0 Å². The zero-order chi connectivity index (χ0) is 22.0. The largest absolute Gasteiger partial charge is 0.368 e. The molecule has 0 radical (unpaired) electrons. The molecular weight excluding hydrogens is 418 g/mol. The maximum Gasteiger partial charge on any atom is 0.269 e. The molecule has 1 heterocycles. The smallest absolute Gasteiger partial charge is 0.269 e. The summed E-state index contributed by atoms with van der Waals surface area (Å²) < 4.78 is 25.4. The van der Waals surface area contributed by atoms with E-state index in [-0.39, 0.29) is 23.8 Å². The van der Waals surface area contributed by atoms with Crippen LogP contribution in [-0.2, 0) is 27.5 Å². The van der Waals surface area contributed by atoms with Crippen LogP contribution in [0.2, 0.25) is 0 Å². The van der Waals surface area contributed by atoms with Gasteiger partial charge in [0.15, 0.2) is 9.84 Å². The van der Waals surface area contributed by atoms with Gasteiger partial charge in [-0.1, -0.05) is 6.07 Å². The van der Waals surface area contributed by atoms with Gasteiger partial charge in [0.25, 0.3) is 5.69 Å². The van der Waals surface area contributed by atoms with E-state index in [0.29, 0.717) is 31.1 Å². The van der Waals surface area contributed by atoms with Crippen LogP contribution in [0.5, 0.6) is 0 Å². The Labute approximate surface area is 181 Å². The Hall–Kier alpha value is -2.94. The highest BCUT2D eigenvalue weighted by Crippen LogP contribution is 2.26. The average molecular weight is 444 g/mol. The fourth-order valence-corrected chi connectivity index (χ4v) is 5.51. The molecule has 0 N–H and O–H groups in total. The highest BCUT2D eigenvalue weighted by molar-refractivity contribution is 7.91. The van der Waals surface area contributed by atoms with Gasteiger partial charge in [0.1, 0.15) is 0 Å². The van der Waals surface area contributed by atoms with Gasteiger partial charge >= 0.3 is 0 Å². The van der Waals surface area contributed by atoms with Gasteiger partial charge in [-0.15, -0.1) is 0 Å². The topological polar surface area (TPSA) is 101 Å². The number of anilines is 1. The fourth-order valence-electron chi connectivity index (χ4n) is 4.24. The van der Waals surface area contributed by atoms with Gasteiger partial charge in [0, 0.05) is 50.4 Å². The first kappa shape index (κ1) is 21.3. The first-order chi connectivity index (χ1) is 14.8. The molecule has 1 aliphatic heterocycles. The summed E-state index contributed by atoms with van der Waals surface area (Å²) in [6.07, 6.45) is 2.94. The Morgan fingerprint density at radius 3 is 2.32 bits per heavy atom. The molecule has 1 fully saturated rings. The Balaban J connectivity index is 1.30. The van der Waals surface area contributed by atoms with Crippen molar-refractivity contribution in [3.63, 3.8) is 0 Å². The number of rotatable bonds is 6. The van der Waals surface area contributed by atoms with Crippen LogP contribution in [0.4, 0.5) is 11.4 Å². The molecule has 0 unspecified atom stereocenters. The Morgan fingerprint density at radius 2 is 1.65 bits per heavy atom. The summed E-state index contributed by atoms with van der Waals surface area (Å²) in [6, 6.07) is 11.7. The quantitative estimate of drug-likeness (QED) is 0.502. The number of hydrogen-bond donors (Lipinski definition) is 0. The lowest BCUT2D eigenvalue weighted by atomic mass is 10.1. The van der Waals surface area contributed by atoms with Crippen molar-refractivity contribution in [2.24, 2.45) is 0 Å². The number of nitro groups is 1. The highest BCUT2D eigenvalue weighted by atomic mass is 32.2. The van der Waals surface area contributed by atoms with Crippen LogP contribution < -0.4 is 4.90 Å². The molecule has 0 aromatic heterocycles. The molecule has 1 aliphatic carbocycles. The second-order valence-corrected chi connectivity index (χ2v) is 10.1. The van der Waals surface area contributed by atoms with Crippen molar-refractivity contribution in [3.8, 4) is 0 Å². The van der Waals surface area contributed by atoms with Crippen LogP contribution in [0.1, 0.15) is 24.0 Å². The monoisotopic (exact) mass is 443 g/mol. The summed E-state index contributed by atoms with van der Waals surface area (Å²) >= 11 is 0. The first-order valence-electron chi connectivity index (χ1n) is 10.5. The summed E-state index contributed by atoms with van der Waals surface area (Å²) in [6.45, 7) is 2.19. The third kappa shape index (κ3) is 4.71. The number of nitrogens with zero attached hydrogens (tertiary/aromatic N) is 3. The van der Waals surface area contributed by atoms with Gasteiger partial charge in [0.2, 0.25) is 5.91 Å². The van der Waals surface area contributed by atoms with Crippen molar-refractivity contribution in [3.05, 3.63) is 63.7 Å². The summed E-state index contributed by atoms with van der Waals surface area (Å²) in [7, 11) is -3.49. The Morgan fingerprint density at radius 1 is 0.968 bits per heavy atom. The van der Waals surface area contributed by atoms with E-state index in [1.54, 1.807) is 29.2 Å².